The van der Waals surface area contributed by atoms with Crippen molar-refractivity contribution in [2.45, 2.75) is 25.7 Å². The number of nitrogens with zero attached hydrogens (tertiary/aromatic N) is 1. The Morgan fingerprint density at radius 2 is 2.00 bits per heavy atom. The smallest absolute Gasteiger partial charge is 0.318 e. The normalized spacial score (nSPS) is 12.1. The average molecular weight is 303 g/mol. The van der Waals surface area contributed by atoms with Crippen molar-refractivity contribution in [2.75, 3.05) is 13.1 Å². The van der Waals surface area contributed by atoms with Gasteiger partial charge in [0.2, 0.25) is 10.0 Å². The van der Waals surface area contributed by atoms with Gasteiger partial charge in [-0.3, -0.25) is 4.79 Å². The molecule has 20 heavy (non-hydrogen) atoms. The van der Waals surface area contributed by atoms with E-state index in [9.17, 15) is 17.6 Å². The predicted molar refractivity (Wildman–Crippen MR) is 72.4 cm³/mol. The summed E-state index contributed by atoms with van der Waals surface area (Å²) >= 11 is 0. The summed E-state index contributed by atoms with van der Waals surface area (Å²) in [4.78, 5) is 10.8. The highest BCUT2D eigenvalue weighted by molar-refractivity contribution is 7.89. The number of rotatable bonds is 6. The molecule has 0 atom stereocenters. The summed E-state index contributed by atoms with van der Waals surface area (Å²) in [5.74, 6) is -1.78. The molecule has 0 fully saturated rings. The van der Waals surface area contributed by atoms with Gasteiger partial charge in [0.25, 0.3) is 0 Å². The van der Waals surface area contributed by atoms with E-state index in [4.69, 9.17) is 5.11 Å². The standard InChI is InChI=1S/C13H18FNO4S/c1-9(2)7-15(8-13(16)17)20(18,19)12-5-4-11(14)6-10(12)3/h4-6,9H,7-8H2,1-3H3,(H,16,17). The van der Waals surface area contributed by atoms with E-state index in [1.807, 2.05) is 0 Å². The van der Waals surface area contributed by atoms with Crippen molar-refractivity contribution in [3.05, 3.63) is 29.6 Å². The van der Waals surface area contributed by atoms with Crippen molar-refractivity contribution in [1.82, 2.24) is 4.31 Å². The molecule has 0 heterocycles. The minimum Gasteiger partial charge on any atom is -0.480 e. The molecule has 0 aromatic heterocycles. The summed E-state index contributed by atoms with van der Waals surface area (Å²) in [6.07, 6.45) is 0. The number of carboxylic acid groups (broad SMARTS) is 1. The van der Waals surface area contributed by atoms with Gasteiger partial charge >= 0.3 is 5.97 Å². The van der Waals surface area contributed by atoms with Gasteiger partial charge in [-0.25, -0.2) is 12.8 Å². The zero-order valence-corrected chi connectivity index (χ0v) is 12.4. The van der Waals surface area contributed by atoms with Crippen LogP contribution in [0.3, 0.4) is 0 Å². The second kappa shape index (κ2) is 6.32. The number of carbonyl (C=O) groups is 1. The van der Waals surface area contributed by atoms with Crippen LogP contribution in [0.25, 0.3) is 0 Å². The second-order valence-electron chi connectivity index (χ2n) is 4.99. The lowest BCUT2D eigenvalue weighted by atomic mass is 10.2. The SMILES string of the molecule is Cc1cc(F)ccc1S(=O)(=O)N(CC(=O)O)CC(C)C. The molecular weight excluding hydrogens is 285 g/mol. The van der Waals surface area contributed by atoms with Gasteiger partial charge in [0.15, 0.2) is 0 Å². The van der Waals surface area contributed by atoms with E-state index in [2.05, 4.69) is 0 Å². The number of benzene rings is 1. The van der Waals surface area contributed by atoms with Gasteiger partial charge in [-0.2, -0.15) is 4.31 Å². The van der Waals surface area contributed by atoms with Crippen LogP contribution in [-0.4, -0.2) is 36.9 Å². The fourth-order valence-electron chi connectivity index (χ4n) is 1.85. The van der Waals surface area contributed by atoms with Crippen molar-refractivity contribution in [3.8, 4) is 0 Å². The largest absolute Gasteiger partial charge is 0.480 e. The van der Waals surface area contributed by atoms with Crippen LogP contribution in [-0.2, 0) is 14.8 Å². The zero-order chi connectivity index (χ0) is 15.5. The first-order chi connectivity index (χ1) is 9.14. The summed E-state index contributed by atoms with van der Waals surface area (Å²) in [5, 5.41) is 8.85. The van der Waals surface area contributed by atoms with Crippen LogP contribution in [0.15, 0.2) is 23.1 Å². The Hall–Kier alpha value is -1.47. The van der Waals surface area contributed by atoms with Crippen molar-refractivity contribution in [1.29, 1.82) is 0 Å². The van der Waals surface area contributed by atoms with Crippen LogP contribution in [0.2, 0.25) is 0 Å². The maximum atomic E-state index is 13.1. The summed E-state index contributed by atoms with van der Waals surface area (Å²) in [7, 11) is -3.95. The number of hydrogen-bond acceptors (Lipinski definition) is 3. The predicted octanol–water partition coefficient (Wildman–Crippen LogP) is 1.87. The molecule has 0 radical (unpaired) electrons. The van der Waals surface area contributed by atoms with E-state index in [0.29, 0.717) is 0 Å². The van der Waals surface area contributed by atoms with Gasteiger partial charge in [0.1, 0.15) is 12.4 Å². The van der Waals surface area contributed by atoms with Gasteiger partial charge in [0, 0.05) is 6.54 Å². The fraction of sp³-hybridized carbons (Fsp3) is 0.462. The second-order valence-corrected chi connectivity index (χ2v) is 6.90. The molecule has 1 aromatic carbocycles. The van der Waals surface area contributed by atoms with E-state index < -0.39 is 28.4 Å². The Kier molecular flexibility index (Phi) is 5.24. The van der Waals surface area contributed by atoms with Gasteiger partial charge in [-0.05, 0) is 36.6 Å². The van der Waals surface area contributed by atoms with Crippen LogP contribution < -0.4 is 0 Å². The Labute approximate surface area is 118 Å². The molecule has 1 rings (SSSR count). The number of hydrogen-bond donors (Lipinski definition) is 1. The van der Waals surface area contributed by atoms with Gasteiger partial charge in [-0.15, -0.1) is 0 Å². The summed E-state index contributed by atoms with van der Waals surface area (Å²) in [6.45, 7) is 4.54. The highest BCUT2D eigenvalue weighted by atomic mass is 32.2. The number of aryl methyl sites for hydroxylation is 1. The lowest BCUT2D eigenvalue weighted by Crippen LogP contribution is -2.38. The molecule has 0 aliphatic rings. The number of carboxylic acids is 1. The van der Waals surface area contributed by atoms with Crippen LogP contribution in [0.4, 0.5) is 4.39 Å². The monoisotopic (exact) mass is 303 g/mol. The molecule has 0 bridgehead atoms. The number of aliphatic carboxylic acids is 1. The number of halogens is 1. The molecular formula is C13H18FNO4S. The molecule has 0 spiro atoms. The first-order valence-electron chi connectivity index (χ1n) is 6.12. The average Bonchev–Trinajstić information content (AvgIpc) is 2.26. The Morgan fingerprint density at radius 1 is 1.40 bits per heavy atom. The third kappa shape index (κ3) is 4.01. The molecule has 0 saturated heterocycles. The highest BCUT2D eigenvalue weighted by Crippen LogP contribution is 2.21. The lowest BCUT2D eigenvalue weighted by Gasteiger charge is -2.23. The van der Waals surface area contributed by atoms with Crippen LogP contribution in [0.1, 0.15) is 19.4 Å². The number of sulfonamides is 1. The van der Waals surface area contributed by atoms with Crippen LogP contribution in [0.5, 0.6) is 0 Å². The van der Waals surface area contributed by atoms with Crippen molar-refractivity contribution in [2.24, 2.45) is 5.92 Å². The summed E-state index contributed by atoms with van der Waals surface area (Å²) < 4.78 is 38.9. The molecule has 0 aliphatic heterocycles. The quantitative estimate of drug-likeness (QED) is 0.870. The van der Waals surface area contributed by atoms with Gasteiger partial charge < -0.3 is 5.11 Å². The Morgan fingerprint density at radius 3 is 2.45 bits per heavy atom. The third-order valence-corrected chi connectivity index (χ3v) is 4.61. The van der Waals surface area contributed by atoms with Crippen LogP contribution in [0, 0.1) is 18.7 Å². The molecule has 0 aliphatic carbocycles. The Bertz CT molecular complexity index is 598. The van der Waals surface area contributed by atoms with Crippen molar-refractivity contribution >= 4 is 16.0 Å². The molecule has 1 aromatic rings. The van der Waals surface area contributed by atoms with E-state index in [0.717, 1.165) is 22.5 Å². The molecule has 112 valence electrons. The first kappa shape index (κ1) is 16.6. The maximum Gasteiger partial charge on any atom is 0.318 e. The van der Waals surface area contributed by atoms with Crippen molar-refractivity contribution in [3.63, 3.8) is 0 Å². The highest BCUT2D eigenvalue weighted by Gasteiger charge is 2.28. The molecule has 0 amide bonds. The molecule has 7 heteroatoms. The minimum atomic E-state index is -3.95. The van der Waals surface area contributed by atoms with Crippen molar-refractivity contribution < 1.29 is 22.7 Å². The van der Waals surface area contributed by atoms with E-state index in [1.54, 1.807) is 13.8 Å². The van der Waals surface area contributed by atoms with E-state index >= 15 is 0 Å². The maximum absolute atomic E-state index is 13.1. The van der Waals surface area contributed by atoms with Gasteiger partial charge in [0.05, 0.1) is 4.90 Å². The lowest BCUT2D eigenvalue weighted by molar-refractivity contribution is -0.137. The van der Waals surface area contributed by atoms with Crippen LogP contribution >= 0.6 is 0 Å². The minimum absolute atomic E-state index is 0.0233. The zero-order valence-electron chi connectivity index (χ0n) is 11.6. The van der Waals surface area contributed by atoms with E-state index in [1.165, 1.54) is 6.92 Å². The Balaban J connectivity index is 3.24. The first-order valence-corrected chi connectivity index (χ1v) is 7.56. The van der Waals surface area contributed by atoms with E-state index in [-0.39, 0.29) is 22.9 Å². The molecule has 0 unspecified atom stereocenters. The molecule has 1 N–H and O–H groups in total. The third-order valence-electron chi connectivity index (χ3n) is 2.64. The van der Waals surface area contributed by atoms with Gasteiger partial charge in [-0.1, -0.05) is 13.8 Å². The summed E-state index contributed by atoms with van der Waals surface area (Å²) in [5.41, 5.74) is 0.254. The summed E-state index contributed by atoms with van der Waals surface area (Å²) in [6, 6.07) is 3.32. The fourth-order valence-corrected chi connectivity index (χ4v) is 3.61. The molecule has 5 nitrogen and oxygen atoms in total. The molecule has 0 saturated carbocycles. The topological polar surface area (TPSA) is 74.7 Å².